The van der Waals surface area contributed by atoms with Crippen molar-refractivity contribution >= 4 is 22.5 Å². The summed E-state index contributed by atoms with van der Waals surface area (Å²) in [7, 11) is 0. The largest absolute Gasteiger partial charge is 0.397 e. The van der Waals surface area contributed by atoms with Crippen molar-refractivity contribution in [1.29, 1.82) is 0 Å². The summed E-state index contributed by atoms with van der Waals surface area (Å²) < 4.78 is 1.64. The Labute approximate surface area is 122 Å². The lowest BCUT2D eigenvalue weighted by Crippen LogP contribution is -2.15. The average Bonchev–Trinajstić information content (AvgIpc) is 2.84. The van der Waals surface area contributed by atoms with E-state index in [0.717, 1.165) is 16.6 Å². The van der Waals surface area contributed by atoms with Crippen LogP contribution in [0.1, 0.15) is 21.7 Å². The van der Waals surface area contributed by atoms with Gasteiger partial charge in [-0.3, -0.25) is 14.3 Å². The van der Waals surface area contributed by atoms with Crippen molar-refractivity contribution in [3.05, 3.63) is 59.5 Å². The highest BCUT2D eigenvalue weighted by Gasteiger charge is 2.16. The number of carbonyl (C=O) groups is 1. The molecular formula is C16H16N4O. The molecule has 0 unspecified atom stereocenters. The molecule has 0 bridgehead atoms. The SMILES string of the molecule is Cc1cc2cccc(N)c2n1C(=O)c1ccnc(CN)c1. The van der Waals surface area contributed by atoms with Crippen molar-refractivity contribution in [2.75, 3.05) is 5.73 Å². The molecule has 1 aromatic carbocycles. The number of pyridine rings is 1. The molecule has 3 rings (SSSR count). The molecule has 21 heavy (non-hydrogen) atoms. The summed E-state index contributed by atoms with van der Waals surface area (Å²) >= 11 is 0. The Hall–Kier alpha value is -2.66. The van der Waals surface area contributed by atoms with E-state index in [-0.39, 0.29) is 5.91 Å². The van der Waals surface area contributed by atoms with Crippen molar-refractivity contribution < 1.29 is 4.79 Å². The maximum absolute atomic E-state index is 12.8. The second kappa shape index (κ2) is 5.03. The zero-order valence-electron chi connectivity index (χ0n) is 11.7. The lowest BCUT2D eigenvalue weighted by molar-refractivity contribution is 0.0963. The molecule has 5 nitrogen and oxygen atoms in total. The zero-order valence-corrected chi connectivity index (χ0v) is 11.7. The third-order valence-electron chi connectivity index (χ3n) is 3.51. The first-order valence-corrected chi connectivity index (χ1v) is 6.68. The summed E-state index contributed by atoms with van der Waals surface area (Å²) in [6, 6.07) is 11.0. The molecule has 0 atom stereocenters. The molecule has 2 aromatic heterocycles. The van der Waals surface area contributed by atoms with Crippen molar-refractivity contribution in [3.8, 4) is 0 Å². The first kappa shape index (κ1) is 13.3. The summed E-state index contributed by atoms with van der Waals surface area (Å²) in [5.74, 6) is -0.127. The van der Waals surface area contributed by atoms with Gasteiger partial charge in [-0.15, -0.1) is 0 Å². The van der Waals surface area contributed by atoms with Gasteiger partial charge in [0.25, 0.3) is 5.91 Å². The first-order chi connectivity index (χ1) is 10.1. The highest BCUT2D eigenvalue weighted by molar-refractivity contribution is 6.05. The highest BCUT2D eigenvalue weighted by atomic mass is 16.2. The minimum Gasteiger partial charge on any atom is -0.397 e. The molecule has 0 saturated heterocycles. The van der Waals surface area contributed by atoms with E-state index in [4.69, 9.17) is 11.5 Å². The Morgan fingerprint density at radius 3 is 2.86 bits per heavy atom. The summed E-state index contributed by atoms with van der Waals surface area (Å²) in [6.07, 6.45) is 1.60. The fourth-order valence-electron chi connectivity index (χ4n) is 2.53. The van der Waals surface area contributed by atoms with Gasteiger partial charge in [-0.25, -0.2) is 0 Å². The van der Waals surface area contributed by atoms with Crippen LogP contribution in [0.4, 0.5) is 5.69 Å². The van der Waals surface area contributed by atoms with Gasteiger partial charge in [-0.05, 0) is 31.2 Å². The van der Waals surface area contributed by atoms with Crippen molar-refractivity contribution in [2.45, 2.75) is 13.5 Å². The Morgan fingerprint density at radius 1 is 1.29 bits per heavy atom. The molecular weight excluding hydrogens is 264 g/mol. The number of hydrogen-bond donors (Lipinski definition) is 2. The van der Waals surface area contributed by atoms with E-state index in [0.29, 0.717) is 23.5 Å². The number of aryl methyl sites for hydroxylation is 1. The minimum absolute atomic E-state index is 0.127. The number of carbonyl (C=O) groups excluding carboxylic acids is 1. The number of nitrogens with two attached hydrogens (primary N) is 2. The van der Waals surface area contributed by atoms with E-state index in [1.54, 1.807) is 29.0 Å². The smallest absolute Gasteiger partial charge is 0.262 e. The number of nitrogens with zero attached hydrogens (tertiary/aromatic N) is 2. The van der Waals surface area contributed by atoms with Crippen molar-refractivity contribution in [1.82, 2.24) is 9.55 Å². The molecule has 0 amide bonds. The van der Waals surface area contributed by atoms with Crippen LogP contribution in [0.15, 0.2) is 42.6 Å². The van der Waals surface area contributed by atoms with Crippen LogP contribution in [-0.4, -0.2) is 15.5 Å². The van der Waals surface area contributed by atoms with Crippen LogP contribution in [0.5, 0.6) is 0 Å². The van der Waals surface area contributed by atoms with E-state index in [1.165, 1.54) is 0 Å². The molecule has 4 N–H and O–H groups in total. The predicted octanol–water partition coefficient (Wildman–Crippen LogP) is 2.07. The number of nitrogen functional groups attached to an aromatic ring is 1. The van der Waals surface area contributed by atoms with E-state index in [1.807, 2.05) is 25.1 Å². The van der Waals surface area contributed by atoms with Gasteiger partial charge >= 0.3 is 0 Å². The number of benzene rings is 1. The third kappa shape index (κ3) is 2.17. The molecule has 5 heteroatoms. The molecule has 106 valence electrons. The maximum atomic E-state index is 12.8. The van der Waals surface area contributed by atoms with Crippen LogP contribution in [0, 0.1) is 6.92 Å². The number of fused-ring (bicyclic) bond motifs is 1. The van der Waals surface area contributed by atoms with Gasteiger partial charge in [-0.1, -0.05) is 12.1 Å². The fourth-order valence-corrected chi connectivity index (χ4v) is 2.53. The van der Waals surface area contributed by atoms with E-state index < -0.39 is 0 Å². The molecule has 0 aliphatic heterocycles. The van der Waals surface area contributed by atoms with Gasteiger partial charge in [0.1, 0.15) is 0 Å². The van der Waals surface area contributed by atoms with Gasteiger partial charge in [-0.2, -0.15) is 0 Å². The van der Waals surface area contributed by atoms with Crippen LogP contribution < -0.4 is 11.5 Å². The second-order valence-corrected chi connectivity index (χ2v) is 4.95. The maximum Gasteiger partial charge on any atom is 0.262 e. The molecule has 3 aromatic rings. The van der Waals surface area contributed by atoms with Crippen molar-refractivity contribution in [3.63, 3.8) is 0 Å². The lowest BCUT2D eigenvalue weighted by atomic mass is 10.2. The monoisotopic (exact) mass is 280 g/mol. The van der Waals surface area contributed by atoms with Gasteiger partial charge < -0.3 is 11.5 Å². The zero-order chi connectivity index (χ0) is 15.0. The van der Waals surface area contributed by atoms with Gasteiger partial charge in [0.05, 0.1) is 16.9 Å². The Morgan fingerprint density at radius 2 is 2.10 bits per heavy atom. The van der Waals surface area contributed by atoms with Crippen LogP contribution in [0.2, 0.25) is 0 Å². The third-order valence-corrected chi connectivity index (χ3v) is 3.51. The molecule has 2 heterocycles. The Kier molecular flexibility index (Phi) is 3.19. The minimum atomic E-state index is -0.127. The number of hydrogen-bond acceptors (Lipinski definition) is 4. The van der Waals surface area contributed by atoms with Gasteiger partial charge in [0.2, 0.25) is 0 Å². The molecule has 0 spiro atoms. The van der Waals surface area contributed by atoms with E-state index >= 15 is 0 Å². The highest BCUT2D eigenvalue weighted by Crippen LogP contribution is 2.26. The number of anilines is 1. The van der Waals surface area contributed by atoms with E-state index in [2.05, 4.69) is 4.98 Å². The van der Waals surface area contributed by atoms with Crippen molar-refractivity contribution in [2.24, 2.45) is 5.73 Å². The number of rotatable bonds is 2. The molecule has 0 radical (unpaired) electrons. The number of aromatic nitrogens is 2. The van der Waals surface area contributed by atoms with Crippen LogP contribution in [0.25, 0.3) is 10.9 Å². The van der Waals surface area contributed by atoms with Crippen LogP contribution in [0.3, 0.4) is 0 Å². The van der Waals surface area contributed by atoms with Gasteiger partial charge in [0.15, 0.2) is 0 Å². The summed E-state index contributed by atoms with van der Waals surface area (Å²) in [4.78, 5) is 16.9. The van der Waals surface area contributed by atoms with E-state index in [9.17, 15) is 4.79 Å². The number of para-hydroxylation sites is 1. The average molecular weight is 280 g/mol. The Bertz CT molecular complexity index is 835. The summed E-state index contributed by atoms with van der Waals surface area (Å²) in [5, 5.41) is 0.953. The topological polar surface area (TPSA) is 86.9 Å². The van der Waals surface area contributed by atoms with Gasteiger partial charge in [0, 0.05) is 29.4 Å². The van der Waals surface area contributed by atoms with Crippen LogP contribution in [-0.2, 0) is 6.54 Å². The second-order valence-electron chi connectivity index (χ2n) is 4.95. The summed E-state index contributed by atoms with van der Waals surface area (Å²) in [6.45, 7) is 2.19. The molecule has 0 aliphatic carbocycles. The standard InChI is InChI=1S/C16H16N4O/c1-10-7-11-3-2-4-14(18)15(11)20(10)16(21)12-5-6-19-13(8-12)9-17/h2-8H,9,17-18H2,1H3. The fraction of sp³-hybridized carbons (Fsp3) is 0.125. The normalized spacial score (nSPS) is 11.0. The van der Waals surface area contributed by atoms with Crippen LogP contribution >= 0.6 is 0 Å². The quantitative estimate of drug-likeness (QED) is 0.703. The molecule has 0 saturated carbocycles. The Balaban J connectivity index is 2.20. The molecule has 0 fully saturated rings. The summed E-state index contributed by atoms with van der Waals surface area (Å²) in [5.41, 5.74) is 15.0. The first-order valence-electron chi connectivity index (χ1n) is 6.68. The molecule has 0 aliphatic rings. The predicted molar refractivity (Wildman–Crippen MR) is 82.9 cm³/mol. The lowest BCUT2D eigenvalue weighted by Gasteiger charge is -2.09.